The predicted molar refractivity (Wildman–Crippen MR) is 69.9 cm³/mol. The van der Waals surface area contributed by atoms with Gasteiger partial charge >= 0.3 is 0 Å². The van der Waals surface area contributed by atoms with Gasteiger partial charge in [0, 0.05) is 16.9 Å². The van der Waals surface area contributed by atoms with Crippen LogP contribution in [-0.4, -0.2) is 15.1 Å². The molecular weight excluding hydrogens is 252 g/mol. The van der Waals surface area contributed by atoms with Gasteiger partial charge in [0.15, 0.2) is 10.1 Å². The fraction of sp³-hybridized carbons (Fsp3) is 0.250. The van der Waals surface area contributed by atoms with Crippen LogP contribution in [0.2, 0.25) is 0 Å². The normalized spacial score (nSPS) is 10.5. The number of benzene rings is 1. The molecule has 0 fully saturated rings. The molecule has 0 saturated carbocycles. The zero-order valence-electron chi connectivity index (χ0n) is 9.64. The van der Waals surface area contributed by atoms with E-state index < -0.39 is 0 Å². The summed E-state index contributed by atoms with van der Waals surface area (Å²) in [4.78, 5) is 16.6. The quantitative estimate of drug-likeness (QED) is 0.793. The predicted octanol–water partition coefficient (Wildman–Crippen LogP) is 3.45. The van der Waals surface area contributed by atoms with E-state index in [-0.39, 0.29) is 5.78 Å². The SMILES string of the molecule is CCc1nsc(Sc2ccc(C(C)=O)cc2)n1. The highest BCUT2D eigenvalue weighted by Crippen LogP contribution is 2.29. The largest absolute Gasteiger partial charge is 0.295 e. The molecule has 0 saturated heterocycles. The second kappa shape index (κ2) is 5.42. The molecule has 88 valence electrons. The number of rotatable bonds is 4. The first kappa shape index (κ1) is 12.3. The fourth-order valence-electron chi connectivity index (χ4n) is 1.28. The van der Waals surface area contributed by atoms with Crippen LogP contribution in [0.15, 0.2) is 33.5 Å². The molecule has 0 aliphatic rings. The Labute approximate surface area is 108 Å². The molecule has 3 nitrogen and oxygen atoms in total. The molecule has 0 radical (unpaired) electrons. The van der Waals surface area contributed by atoms with Gasteiger partial charge in [-0.2, -0.15) is 4.37 Å². The topological polar surface area (TPSA) is 42.9 Å². The summed E-state index contributed by atoms with van der Waals surface area (Å²) in [5, 5.41) is 0. The zero-order valence-corrected chi connectivity index (χ0v) is 11.3. The molecule has 1 heterocycles. The number of hydrogen-bond acceptors (Lipinski definition) is 5. The van der Waals surface area contributed by atoms with Crippen molar-refractivity contribution in [2.24, 2.45) is 0 Å². The molecule has 0 aliphatic carbocycles. The van der Waals surface area contributed by atoms with Crippen LogP contribution in [0.1, 0.15) is 30.0 Å². The van der Waals surface area contributed by atoms with Gasteiger partial charge in [-0.25, -0.2) is 4.98 Å². The number of hydrogen-bond donors (Lipinski definition) is 0. The molecule has 17 heavy (non-hydrogen) atoms. The van der Waals surface area contributed by atoms with E-state index in [1.807, 2.05) is 31.2 Å². The van der Waals surface area contributed by atoms with Crippen molar-refractivity contribution in [3.05, 3.63) is 35.7 Å². The third-order valence-electron chi connectivity index (χ3n) is 2.23. The monoisotopic (exact) mass is 264 g/mol. The van der Waals surface area contributed by atoms with Crippen molar-refractivity contribution >= 4 is 29.1 Å². The summed E-state index contributed by atoms with van der Waals surface area (Å²) in [6, 6.07) is 7.56. The number of aromatic nitrogens is 2. The second-order valence-corrected chi connectivity index (χ2v) is 5.59. The molecule has 0 N–H and O–H groups in total. The van der Waals surface area contributed by atoms with Crippen LogP contribution >= 0.6 is 23.3 Å². The Bertz CT molecular complexity index is 520. The third-order valence-corrected chi connectivity index (χ3v) is 4.03. The number of aryl methyl sites for hydroxylation is 1. The third kappa shape index (κ3) is 3.14. The summed E-state index contributed by atoms with van der Waals surface area (Å²) in [6.45, 7) is 3.61. The van der Waals surface area contributed by atoms with Crippen LogP contribution in [0.25, 0.3) is 0 Å². The molecule has 0 spiro atoms. The first-order chi connectivity index (χ1) is 8.19. The summed E-state index contributed by atoms with van der Waals surface area (Å²) in [7, 11) is 0. The molecule has 0 unspecified atom stereocenters. The molecule has 0 aliphatic heterocycles. The van der Waals surface area contributed by atoms with Gasteiger partial charge in [0.1, 0.15) is 5.82 Å². The van der Waals surface area contributed by atoms with Crippen LogP contribution in [0.3, 0.4) is 0 Å². The van der Waals surface area contributed by atoms with Crippen LogP contribution in [0.5, 0.6) is 0 Å². The Morgan fingerprint density at radius 3 is 2.59 bits per heavy atom. The summed E-state index contributed by atoms with van der Waals surface area (Å²) in [5.41, 5.74) is 0.737. The van der Waals surface area contributed by atoms with Crippen molar-refractivity contribution in [3.8, 4) is 0 Å². The number of ketones is 1. The highest BCUT2D eigenvalue weighted by atomic mass is 32.2. The van der Waals surface area contributed by atoms with Crippen molar-refractivity contribution in [2.75, 3.05) is 0 Å². The van der Waals surface area contributed by atoms with E-state index in [1.165, 1.54) is 11.5 Å². The van der Waals surface area contributed by atoms with Gasteiger partial charge in [-0.15, -0.1) is 0 Å². The van der Waals surface area contributed by atoms with E-state index >= 15 is 0 Å². The maximum absolute atomic E-state index is 11.1. The van der Waals surface area contributed by atoms with E-state index in [2.05, 4.69) is 9.36 Å². The number of nitrogens with zero attached hydrogens (tertiary/aromatic N) is 2. The van der Waals surface area contributed by atoms with E-state index in [9.17, 15) is 4.79 Å². The number of carbonyl (C=O) groups excluding carboxylic acids is 1. The first-order valence-electron chi connectivity index (χ1n) is 5.30. The van der Waals surface area contributed by atoms with Gasteiger partial charge < -0.3 is 0 Å². The lowest BCUT2D eigenvalue weighted by Crippen LogP contribution is -1.90. The summed E-state index contributed by atoms with van der Waals surface area (Å²) in [5.74, 6) is 0.976. The lowest BCUT2D eigenvalue weighted by atomic mass is 10.2. The molecule has 0 atom stereocenters. The Hall–Kier alpha value is -1.20. The van der Waals surface area contributed by atoms with E-state index in [4.69, 9.17) is 0 Å². The molecule has 0 amide bonds. The lowest BCUT2D eigenvalue weighted by molar-refractivity contribution is 0.101. The smallest absolute Gasteiger partial charge is 0.174 e. The number of Topliss-reactive ketones (excluding diaryl/α,β-unsaturated/α-hetero) is 1. The van der Waals surface area contributed by atoms with Gasteiger partial charge in [0.25, 0.3) is 0 Å². The van der Waals surface area contributed by atoms with Gasteiger partial charge in [-0.1, -0.05) is 30.8 Å². The van der Waals surface area contributed by atoms with Crippen LogP contribution in [0.4, 0.5) is 0 Å². The van der Waals surface area contributed by atoms with Gasteiger partial charge in [-0.3, -0.25) is 4.79 Å². The summed E-state index contributed by atoms with van der Waals surface area (Å²) in [6.07, 6.45) is 0.861. The molecule has 2 rings (SSSR count). The van der Waals surface area contributed by atoms with Crippen LogP contribution < -0.4 is 0 Å². The molecule has 1 aromatic carbocycles. The molecule has 1 aromatic heterocycles. The average molecular weight is 264 g/mol. The van der Waals surface area contributed by atoms with Crippen molar-refractivity contribution in [3.63, 3.8) is 0 Å². The Morgan fingerprint density at radius 1 is 1.35 bits per heavy atom. The van der Waals surface area contributed by atoms with Crippen LogP contribution in [0, 0.1) is 0 Å². The minimum absolute atomic E-state index is 0.0886. The lowest BCUT2D eigenvalue weighted by Gasteiger charge is -1.98. The van der Waals surface area contributed by atoms with Crippen molar-refractivity contribution < 1.29 is 4.79 Å². The zero-order chi connectivity index (χ0) is 12.3. The minimum atomic E-state index is 0.0886. The maximum atomic E-state index is 11.1. The van der Waals surface area contributed by atoms with Gasteiger partial charge in [0.05, 0.1) is 0 Å². The van der Waals surface area contributed by atoms with Gasteiger partial charge in [-0.05, 0) is 30.6 Å². The Morgan fingerprint density at radius 2 is 2.06 bits per heavy atom. The van der Waals surface area contributed by atoms with Crippen molar-refractivity contribution in [1.29, 1.82) is 0 Å². The summed E-state index contributed by atoms with van der Waals surface area (Å²) >= 11 is 2.99. The van der Waals surface area contributed by atoms with E-state index in [0.29, 0.717) is 0 Å². The van der Waals surface area contributed by atoms with E-state index in [0.717, 1.165) is 27.0 Å². The molecule has 2 aromatic rings. The molecular formula is C12H12N2OS2. The molecule has 0 bridgehead atoms. The first-order valence-corrected chi connectivity index (χ1v) is 6.89. The van der Waals surface area contributed by atoms with Gasteiger partial charge in [0.2, 0.25) is 0 Å². The van der Waals surface area contributed by atoms with Crippen molar-refractivity contribution in [1.82, 2.24) is 9.36 Å². The molecule has 5 heteroatoms. The van der Waals surface area contributed by atoms with Crippen molar-refractivity contribution in [2.45, 2.75) is 29.5 Å². The standard InChI is InChI=1S/C12H12N2OS2/c1-3-11-13-12(17-14-11)16-10-6-4-9(5-7-10)8(2)15/h4-7H,3H2,1-2H3. The second-order valence-electron chi connectivity index (χ2n) is 3.51. The maximum Gasteiger partial charge on any atom is 0.174 e. The minimum Gasteiger partial charge on any atom is -0.295 e. The van der Waals surface area contributed by atoms with Crippen LogP contribution in [-0.2, 0) is 6.42 Å². The summed E-state index contributed by atoms with van der Waals surface area (Å²) < 4.78 is 5.17. The highest BCUT2D eigenvalue weighted by Gasteiger charge is 2.05. The fourth-order valence-corrected chi connectivity index (χ4v) is 2.96. The average Bonchev–Trinajstić information content (AvgIpc) is 2.77. The Kier molecular flexibility index (Phi) is 3.91. The number of carbonyl (C=O) groups is 1. The highest BCUT2D eigenvalue weighted by molar-refractivity contribution is 8.01. The Balaban J connectivity index is 2.10. The van der Waals surface area contributed by atoms with E-state index in [1.54, 1.807) is 18.7 Å².